The van der Waals surface area contributed by atoms with Crippen molar-refractivity contribution in [2.24, 2.45) is 0 Å². The Hall–Kier alpha value is -1.45. The lowest BCUT2D eigenvalue weighted by molar-refractivity contribution is 0.0977. The zero-order valence-electron chi connectivity index (χ0n) is 12.3. The summed E-state index contributed by atoms with van der Waals surface area (Å²) in [6, 6.07) is 6.71. The van der Waals surface area contributed by atoms with E-state index in [9.17, 15) is 4.79 Å². The summed E-state index contributed by atoms with van der Waals surface area (Å²) in [5.74, 6) is 0.737. The zero-order chi connectivity index (χ0) is 17.0. The summed E-state index contributed by atoms with van der Waals surface area (Å²) in [5, 5.41) is 6.02. The van der Waals surface area contributed by atoms with Crippen molar-refractivity contribution >= 4 is 63.2 Å². The fourth-order valence-corrected chi connectivity index (χ4v) is 2.85. The molecular formula is C15H13ClIN3O2S. The first-order valence-electron chi connectivity index (χ1n) is 6.48. The van der Waals surface area contributed by atoms with Gasteiger partial charge < -0.3 is 10.1 Å². The molecule has 0 aliphatic rings. The van der Waals surface area contributed by atoms with E-state index in [0.717, 1.165) is 9.13 Å². The Morgan fingerprint density at radius 2 is 2.13 bits per heavy atom. The van der Waals surface area contributed by atoms with Gasteiger partial charge in [-0.15, -0.1) is 0 Å². The second kappa shape index (κ2) is 7.89. The summed E-state index contributed by atoms with van der Waals surface area (Å²) in [5.41, 5.74) is 1.31. The quantitative estimate of drug-likeness (QED) is 0.538. The van der Waals surface area contributed by atoms with Gasteiger partial charge in [0.15, 0.2) is 5.11 Å². The standard InChI is InChI=1S/C15H13ClIN3O2S/c1-8-5-10(17)7-18-13(8)19-15(23)20-14(21)9-3-4-12(22-2)11(16)6-9/h3-7H,1-2H3,(H2,18,19,20,21,23). The number of thiocarbonyl (C=S) groups is 1. The van der Waals surface area contributed by atoms with Crippen molar-refractivity contribution in [1.82, 2.24) is 10.3 Å². The van der Waals surface area contributed by atoms with E-state index in [4.69, 9.17) is 28.6 Å². The molecule has 0 saturated heterocycles. The highest BCUT2D eigenvalue weighted by molar-refractivity contribution is 14.1. The van der Waals surface area contributed by atoms with E-state index < -0.39 is 0 Å². The van der Waals surface area contributed by atoms with Crippen LogP contribution in [0.2, 0.25) is 5.02 Å². The number of hydrogen-bond acceptors (Lipinski definition) is 4. The molecule has 1 aromatic heterocycles. The number of anilines is 1. The van der Waals surface area contributed by atoms with Crippen molar-refractivity contribution in [3.05, 3.63) is 50.2 Å². The molecule has 2 N–H and O–H groups in total. The van der Waals surface area contributed by atoms with Crippen LogP contribution in [-0.2, 0) is 0 Å². The Morgan fingerprint density at radius 1 is 1.39 bits per heavy atom. The van der Waals surface area contributed by atoms with Crippen LogP contribution < -0.4 is 15.4 Å². The number of carbonyl (C=O) groups excluding carboxylic acids is 1. The molecule has 0 spiro atoms. The second-order valence-electron chi connectivity index (χ2n) is 4.58. The number of methoxy groups -OCH3 is 1. The maximum Gasteiger partial charge on any atom is 0.257 e. The highest BCUT2D eigenvalue weighted by Crippen LogP contribution is 2.24. The maximum absolute atomic E-state index is 12.2. The number of rotatable bonds is 3. The van der Waals surface area contributed by atoms with E-state index in [1.807, 2.05) is 13.0 Å². The molecular weight excluding hydrogens is 449 g/mol. The number of carbonyl (C=O) groups is 1. The van der Waals surface area contributed by atoms with Crippen molar-refractivity contribution in [3.8, 4) is 5.75 Å². The molecule has 2 rings (SSSR count). The predicted octanol–water partition coefficient (Wildman–Crippen LogP) is 3.78. The number of aryl methyl sites for hydroxylation is 1. The minimum atomic E-state index is -0.366. The first kappa shape index (κ1) is 17.9. The molecule has 1 aromatic carbocycles. The van der Waals surface area contributed by atoms with E-state index in [1.54, 1.807) is 18.3 Å². The smallest absolute Gasteiger partial charge is 0.257 e. The summed E-state index contributed by atoms with van der Waals surface area (Å²) < 4.78 is 6.07. The van der Waals surface area contributed by atoms with Crippen LogP contribution in [0.4, 0.5) is 5.82 Å². The van der Waals surface area contributed by atoms with Crippen LogP contribution in [0, 0.1) is 10.5 Å². The lowest BCUT2D eigenvalue weighted by atomic mass is 10.2. The summed E-state index contributed by atoms with van der Waals surface area (Å²) in [6.45, 7) is 1.91. The minimum absolute atomic E-state index is 0.166. The SMILES string of the molecule is COc1ccc(C(=O)NC(=S)Nc2ncc(I)cc2C)cc1Cl. The van der Waals surface area contributed by atoms with Crippen LogP contribution in [-0.4, -0.2) is 23.1 Å². The number of ether oxygens (including phenoxy) is 1. The van der Waals surface area contributed by atoms with Gasteiger partial charge in [-0.05, 0) is 71.6 Å². The summed E-state index contributed by atoms with van der Waals surface area (Å²) in [4.78, 5) is 16.4. The number of aromatic nitrogens is 1. The molecule has 0 aliphatic carbocycles. The number of benzene rings is 1. The molecule has 0 atom stereocenters. The number of hydrogen-bond donors (Lipinski definition) is 2. The van der Waals surface area contributed by atoms with Crippen LogP contribution in [0.3, 0.4) is 0 Å². The minimum Gasteiger partial charge on any atom is -0.495 e. The second-order valence-corrected chi connectivity index (χ2v) is 6.64. The first-order chi connectivity index (χ1) is 10.9. The topological polar surface area (TPSA) is 63.2 Å². The highest BCUT2D eigenvalue weighted by Gasteiger charge is 2.11. The van der Waals surface area contributed by atoms with E-state index in [-0.39, 0.29) is 11.0 Å². The van der Waals surface area contributed by atoms with Gasteiger partial charge in [-0.1, -0.05) is 11.6 Å². The normalized spacial score (nSPS) is 10.1. The van der Waals surface area contributed by atoms with Crippen molar-refractivity contribution in [1.29, 1.82) is 0 Å². The van der Waals surface area contributed by atoms with Crippen LogP contribution in [0.5, 0.6) is 5.75 Å². The van der Waals surface area contributed by atoms with Gasteiger partial charge >= 0.3 is 0 Å². The van der Waals surface area contributed by atoms with E-state index in [0.29, 0.717) is 22.2 Å². The van der Waals surface area contributed by atoms with E-state index >= 15 is 0 Å². The summed E-state index contributed by atoms with van der Waals surface area (Å²) >= 11 is 13.3. The van der Waals surface area contributed by atoms with Crippen molar-refractivity contribution in [2.75, 3.05) is 12.4 Å². The largest absolute Gasteiger partial charge is 0.495 e. The fraction of sp³-hybridized carbons (Fsp3) is 0.133. The molecule has 23 heavy (non-hydrogen) atoms. The average Bonchev–Trinajstić information content (AvgIpc) is 2.50. The molecule has 0 unspecified atom stereocenters. The molecule has 8 heteroatoms. The van der Waals surface area contributed by atoms with E-state index in [1.165, 1.54) is 13.2 Å². The molecule has 0 radical (unpaired) electrons. The highest BCUT2D eigenvalue weighted by atomic mass is 127. The Balaban J connectivity index is 2.05. The third kappa shape index (κ3) is 4.76. The number of nitrogens with one attached hydrogen (secondary N) is 2. The number of halogens is 2. The third-order valence-corrected chi connectivity index (χ3v) is 4.01. The molecule has 0 saturated carbocycles. The molecule has 0 bridgehead atoms. The van der Waals surface area contributed by atoms with Gasteiger partial charge in [-0.2, -0.15) is 0 Å². The molecule has 0 fully saturated rings. The van der Waals surface area contributed by atoms with Gasteiger partial charge in [0.25, 0.3) is 5.91 Å². The van der Waals surface area contributed by atoms with Gasteiger partial charge in [-0.25, -0.2) is 4.98 Å². The third-order valence-electron chi connectivity index (χ3n) is 2.92. The predicted molar refractivity (Wildman–Crippen MR) is 103 cm³/mol. The maximum atomic E-state index is 12.2. The Kier molecular flexibility index (Phi) is 6.14. The van der Waals surface area contributed by atoms with Crippen molar-refractivity contribution in [2.45, 2.75) is 6.92 Å². The lowest BCUT2D eigenvalue weighted by Gasteiger charge is -2.11. The van der Waals surface area contributed by atoms with Crippen LogP contribution in [0.25, 0.3) is 0 Å². The average molecular weight is 462 g/mol. The van der Waals surface area contributed by atoms with Crippen molar-refractivity contribution < 1.29 is 9.53 Å². The molecule has 5 nitrogen and oxygen atoms in total. The Labute approximate surface area is 157 Å². The molecule has 120 valence electrons. The molecule has 1 heterocycles. The molecule has 0 aliphatic heterocycles. The van der Waals surface area contributed by atoms with Crippen LogP contribution >= 0.6 is 46.4 Å². The zero-order valence-corrected chi connectivity index (χ0v) is 16.0. The lowest BCUT2D eigenvalue weighted by Crippen LogP contribution is -2.34. The first-order valence-corrected chi connectivity index (χ1v) is 8.35. The van der Waals surface area contributed by atoms with Gasteiger partial charge in [0.1, 0.15) is 11.6 Å². The fourth-order valence-electron chi connectivity index (χ4n) is 1.79. The molecule has 1 amide bonds. The van der Waals surface area contributed by atoms with Gasteiger partial charge in [0, 0.05) is 15.3 Å². The number of amides is 1. The number of pyridine rings is 1. The summed E-state index contributed by atoms with van der Waals surface area (Å²) in [7, 11) is 1.51. The Morgan fingerprint density at radius 3 is 2.74 bits per heavy atom. The number of nitrogens with zero attached hydrogens (tertiary/aromatic N) is 1. The monoisotopic (exact) mass is 461 g/mol. The van der Waals surface area contributed by atoms with Gasteiger partial charge in [0.2, 0.25) is 0 Å². The summed E-state index contributed by atoms with van der Waals surface area (Å²) in [6.07, 6.45) is 1.71. The Bertz CT molecular complexity index is 770. The van der Waals surface area contributed by atoms with E-state index in [2.05, 4.69) is 38.2 Å². The van der Waals surface area contributed by atoms with Gasteiger partial charge in [-0.3, -0.25) is 10.1 Å². The molecule has 2 aromatic rings. The van der Waals surface area contributed by atoms with Crippen LogP contribution in [0.15, 0.2) is 30.5 Å². The van der Waals surface area contributed by atoms with Gasteiger partial charge in [0.05, 0.1) is 12.1 Å². The van der Waals surface area contributed by atoms with Crippen molar-refractivity contribution in [3.63, 3.8) is 0 Å². The van der Waals surface area contributed by atoms with Crippen LogP contribution in [0.1, 0.15) is 15.9 Å².